The maximum absolute atomic E-state index is 10.9. The zero-order valence-electron chi connectivity index (χ0n) is 13.1. The maximum atomic E-state index is 10.9. The Bertz CT molecular complexity index is 885. The third kappa shape index (κ3) is 2.63. The van der Waals surface area contributed by atoms with Gasteiger partial charge in [-0.15, -0.1) is 0 Å². The molecule has 0 atom stereocenters. The van der Waals surface area contributed by atoms with Gasteiger partial charge in [-0.25, -0.2) is 14.6 Å². The number of carbonyl (C=O) groups is 1. The summed E-state index contributed by atoms with van der Waals surface area (Å²) in [6.07, 6.45) is 0.368. The smallest absolute Gasteiger partial charge is 0.303 e. The molecule has 1 aromatic carbocycles. The highest BCUT2D eigenvalue weighted by atomic mass is 16.4. The summed E-state index contributed by atoms with van der Waals surface area (Å²) in [6.45, 7) is 3.87. The molecule has 0 aliphatic heterocycles. The van der Waals surface area contributed by atoms with Crippen LogP contribution in [0.15, 0.2) is 30.3 Å². The molecule has 0 amide bonds. The number of hydrogen-bond acceptors (Lipinski definition) is 4. The number of nitrogens with two attached hydrogens (primary N) is 1. The van der Waals surface area contributed by atoms with Gasteiger partial charge in [-0.05, 0) is 19.4 Å². The van der Waals surface area contributed by atoms with E-state index < -0.39 is 5.97 Å². The Morgan fingerprint density at radius 2 is 1.91 bits per heavy atom. The van der Waals surface area contributed by atoms with Crippen molar-refractivity contribution in [2.24, 2.45) is 0 Å². The van der Waals surface area contributed by atoms with Crippen LogP contribution in [0.2, 0.25) is 0 Å². The van der Waals surface area contributed by atoms with Gasteiger partial charge in [0.25, 0.3) is 0 Å². The van der Waals surface area contributed by atoms with E-state index in [1.807, 2.05) is 44.2 Å². The predicted octanol–water partition coefficient (Wildman–Crippen LogP) is 2.45. The first-order valence-corrected chi connectivity index (χ1v) is 7.40. The number of nitrogen functional groups attached to an aromatic ring is 1. The molecular weight excluding hydrogens is 292 g/mol. The minimum Gasteiger partial charge on any atom is -0.481 e. The average Bonchev–Trinajstić information content (AvgIpc) is 2.78. The summed E-state index contributed by atoms with van der Waals surface area (Å²) >= 11 is 0. The summed E-state index contributed by atoms with van der Waals surface area (Å²) in [4.78, 5) is 20.2. The lowest BCUT2D eigenvalue weighted by molar-refractivity contribution is -0.136. The molecular formula is C17H18N4O2. The number of aromatic nitrogens is 3. The van der Waals surface area contributed by atoms with Gasteiger partial charge >= 0.3 is 5.97 Å². The number of aliphatic carboxylic acids is 1. The van der Waals surface area contributed by atoms with Gasteiger partial charge in [-0.2, -0.15) is 0 Å². The highest BCUT2D eigenvalue weighted by molar-refractivity contribution is 5.86. The van der Waals surface area contributed by atoms with Crippen molar-refractivity contribution in [3.8, 4) is 11.4 Å². The molecule has 3 rings (SSSR count). The molecule has 3 N–H and O–H groups in total. The van der Waals surface area contributed by atoms with Gasteiger partial charge in [0.15, 0.2) is 11.5 Å². The number of fused-ring (bicyclic) bond motifs is 1. The van der Waals surface area contributed by atoms with Gasteiger partial charge in [0.2, 0.25) is 0 Å². The normalized spacial score (nSPS) is 11.0. The van der Waals surface area contributed by atoms with E-state index in [0.29, 0.717) is 17.9 Å². The van der Waals surface area contributed by atoms with Crippen molar-refractivity contribution in [1.82, 2.24) is 14.6 Å². The van der Waals surface area contributed by atoms with Crippen molar-refractivity contribution >= 4 is 17.0 Å². The van der Waals surface area contributed by atoms with Crippen LogP contribution in [0.3, 0.4) is 0 Å². The van der Waals surface area contributed by atoms with Crippen LogP contribution in [-0.2, 0) is 11.2 Å². The van der Waals surface area contributed by atoms with Gasteiger partial charge in [0, 0.05) is 23.1 Å². The Morgan fingerprint density at radius 1 is 1.22 bits per heavy atom. The van der Waals surface area contributed by atoms with E-state index in [1.165, 1.54) is 0 Å². The quantitative estimate of drug-likeness (QED) is 0.722. The molecule has 0 bridgehead atoms. The molecule has 0 saturated heterocycles. The van der Waals surface area contributed by atoms with E-state index in [-0.39, 0.29) is 6.42 Å². The number of aryl methyl sites for hydroxylation is 2. The first-order valence-electron chi connectivity index (χ1n) is 7.40. The second kappa shape index (κ2) is 5.72. The monoisotopic (exact) mass is 310 g/mol. The first kappa shape index (κ1) is 15.0. The summed E-state index contributed by atoms with van der Waals surface area (Å²) in [6, 6.07) is 9.60. The topological polar surface area (TPSA) is 94.0 Å². The summed E-state index contributed by atoms with van der Waals surface area (Å²) in [5.41, 5.74) is 4.12. The highest BCUT2D eigenvalue weighted by Crippen LogP contribution is 2.28. The molecule has 118 valence electrons. The summed E-state index contributed by atoms with van der Waals surface area (Å²) in [7, 11) is 0. The molecule has 6 nitrogen and oxygen atoms in total. The SMILES string of the molecule is Cc1c(C)n(N)c2nc(-c3ccccc3)nc(CCC(=O)O)c12. The zero-order valence-corrected chi connectivity index (χ0v) is 13.1. The zero-order chi connectivity index (χ0) is 16.6. The fourth-order valence-electron chi connectivity index (χ4n) is 2.70. The first-order chi connectivity index (χ1) is 11.0. The van der Waals surface area contributed by atoms with Crippen molar-refractivity contribution < 1.29 is 9.90 Å². The van der Waals surface area contributed by atoms with Gasteiger partial charge < -0.3 is 10.9 Å². The van der Waals surface area contributed by atoms with Crippen LogP contribution >= 0.6 is 0 Å². The van der Waals surface area contributed by atoms with E-state index in [2.05, 4.69) is 9.97 Å². The maximum Gasteiger partial charge on any atom is 0.303 e. The third-order valence-corrected chi connectivity index (χ3v) is 4.08. The number of carboxylic acids is 1. The average molecular weight is 310 g/mol. The lowest BCUT2D eigenvalue weighted by Gasteiger charge is -2.07. The molecule has 0 saturated carbocycles. The van der Waals surface area contributed by atoms with Gasteiger partial charge in [0.05, 0.1) is 12.1 Å². The van der Waals surface area contributed by atoms with Crippen molar-refractivity contribution in [1.29, 1.82) is 0 Å². The molecule has 2 heterocycles. The molecule has 0 fully saturated rings. The molecule has 2 aromatic heterocycles. The van der Waals surface area contributed by atoms with Crippen molar-refractivity contribution in [2.75, 3.05) is 5.84 Å². The molecule has 0 aliphatic rings. The van der Waals surface area contributed by atoms with Gasteiger partial charge in [0.1, 0.15) is 0 Å². The molecule has 0 unspecified atom stereocenters. The summed E-state index contributed by atoms with van der Waals surface area (Å²) in [5.74, 6) is 5.83. The second-order valence-electron chi connectivity index (χ2n) is 5.53. The molecule has 0 spiro atoms. The van der Waals surface area contributed by atoms with E-state index in [0.717, 1.165) is 27.9 Å². The highest BCUT2D eigenvalue weighted by Gasteiger charge is 2.18. The lowest BCUT2D eigenvalue weighted by Crippen LogP contribution is -2.11. The van der Waals surface area contributed by atoms with Crippen LogP contribution in [0.25, 0.3) is 22.4 Å². The Hall–Kier alpha value is -2.89. The van der Waals surface area contributed by atoms with Crippen LogP contribution in [0.4, 0.5) is 0 Å². The van der Waals surface area contributed by atoms with Crippen molar-refractivity contribution in [3.63, 3.8) is 0 Å². The minimum atomic E-state index is -0.848. The van der Waals surface area contributed by atoms with E-state index >= 15 is 0 Å². The Kier molecular flexibility index (Phi) is 3.73. The fraction of sp³-hybridized carbons (Fsp3) is 0.235. The second-order valence-corrected chi connectivity index (χ2v) is 5.53. The Balaban J connectivity index is 2.24. The molecule has 6 heteroatoms. The summed E-state index contributed by atoms with van der Waals surface area (Å²) < 4.78 is 1.54. The predicted molar refractivity (Wildman–Crippen MR) is 88.5 cm³/mol. The van der Waals surface area contributed by atoms with E-state index in [9.17, 15) is 4.79 Å². The largest absolute Gasteiger partial charge is 0.481 e. The molecule has 23 heavy (non-hydrogen) atoms. The van der Waals surface area contributed by atoms with Crippen molar-refractivity contribution in [3.05, 3.63) is 47.3 Å². The van der Waals surface area contributed by atoms with Gasteiger partial charge in [-0.3, -0.25) is 4.79 Å². The number of hydrogen-bond donors (Lipinski definition) is 2. The molecule has 0 radical (unpaired) electrons. The lowest BCUT2D eigenvalue weighted by atomic mass is 10.1. The molecule has 3 aromatic rings. The summed E-state index contributed by atoms with van der Waals surface area (Å²) in [5, 5.41) is 9.84. The van der Waals surface area contributed by atoms with Gasteiger partial charge in [-0.1, -0.05) is 30.3 Å². The number of benzene rings is 1. The van der Waals surface area contributed by atoms with Crippen LogP contribution in [-0.4, -0.2) is 25.7 Å². The fourth-order valence-corrected chi connectivity index (χ4v) is 2.70. The van der Waals surface area contributed by atoms with Crippen LogP contribution < -0.4 is 5.84 Å². The number of carboxylic acid groups (broad SMARTS) is 1. The Labute approximate surface area is 133 Å². The standard InChI is InChI=1S/C17H18N4O2/c1-10-11(2)21(18)17-15(10)13(8-9-14(22)23)19-16(20-17)12-6-4-3-5-7-12/h3-7H,8-9,18H2,1-2H3,(H,22,23). The minimum absolute atomic E-state index is 0.0224. The number of rotatable bonds is 4. The van der Waals surface area contributed by atoms with Crippen molar-refractivity contribution in [2.45, 2.75) is 26.7 Å². The van der Waals surface area contributed by atoms with E-state index in [4.69, 9.17) is 10.9 Å². The van der Waals surface area contributed by atoms with Crippen LogP contribution in [0, 0.1) is 13.8 Å². The number of nitrogens with zero attached hydrogens (tertiary/aromatic N) is 3. The van der Waals surface area contributed by atoms with E-state index in [1.54, 1.807) is 4.68 Å². The van der Waals surface area contributed by atoms with Crippen LogP contribution in [0.5, 0.6) is 0 Å². The third-order valence-electron chi connectivity index (χ3n) is 4.08. The molecule has 0 aliphatic carbocycles. The van der Waals surface area contributed by atoms with Crippen LogP contribution in [0.1, 0.15) is 23.4 Å². The Morgan fingerprint density at radius 3 is 2.57 bits per heavy atom.